The number of benzene rings is 1. The van der Waals surface area contributed by atoms with Crippen LogP contribution < -0.4 is 5.32 Å². The standard InChI is InChI=1S/C15H15ClN2O/c16-14-10-4-9-13(18-14)15(19)17-11-5-8-12-6-2-1-3-7-12/h1-4,6-7,9-10H,5,8,11H2,(H,17,19). The van der Waals surface area contributed by atoms with E-state index >= 15 is 0 Å². The Hall–Kier alpha value is -1.87. The lowest BCUT2D eigenvalue weighted by atomic mass is 10.1. The predicted molar refractivity (Wildman–Crippen MR) is 76.3 cm³/mol. The molecule has 1 aromatic heterocycles. The third-order valence-corrected chi connectivity index (χ3v) is 2.93. The molecule has 0 unspecified atom stereocenters. The van der Waals surface area contributed by atoms with E-state index in [1.165, 1.54) is 5.56 Å². The fourth-order valence-electron chi connectivity index (χ4n) is 1.76. The van der Waals surface area contributed by atoms with Crippen molar-refractivity contribution in [3.05, 3.63) is 64.9 Å². The van der Waals surface area contributed by atoms with Gasteiger partial charge in [-0.1, -0.05) is 48.0 Å². The number of nitrogens with one attached hydrogen (secondary N) is 1. The normalized spacial score (nSPS) is 10.2. The van der Waals surface area contributed by atoms with Gasteiger partial charge in [0.25, 0.3) is 5.91 Å². The number of rotatable bonds is 5. The summed E-state index contributed by atoms with van der Waals surface area (Å²) in [7, 11) is 0. The molecule has 2 rings (SSSR count). The second-order valence-electron chi connectivity index (χ2n) is 4.19. The number of nitrogens with zero attached hydrogens (tertiary/aromatic N) is 1. The largest absolute Gasteiger partial charge is 0.351 e. The Balaban J connectivity index is 1.75. The summed E-state index contributed by atoms with van der Waals surface area (Å²) in [5.41, 5.74) is 1.63. The first-order valence-corrected chi connectivity index (χ1v) is 6.58. The molecule has 1 amide bonds. The minimum Gasteiger partial charge on any atom is -0.351 e. The number of hydrogen-bond donors (Lipinski definition) is 1. The lowest BCUT2D eigenvalue weighted by molar-refractivity contribution is 0.0948. The Labute approximate surface area is 117 Å². The minimum absolute atomic E-state index is 0.185. The summed E-state index contributed by atoms with van der Waals surface area (Å²) < 4.78 is 0. The molecular formula is C15H15ClN2O. The van der Waals surface area contributed by atoms with Gasteiger partial charge in [0, 0.05) is 6.54 Å². The zero-order chi connectivity index (χ0) is 13.5. The van der Waals surface area contributed by atoms with E-state index in [1.807, 2.05) is 18.2 Å². The first-order valence-electron chi connectivity index (χ1n) is 6.20. The van der Waals surface area contributed by atoms with Crippen LogP contribution in [-0.4, -0.2) is 17.4 Å². The van der Waals surface area contributed by atoms with E-state index in [9.17, 15) is 4.79 Å². The van der Waals surface area contributed by atoms with E-state index in [4.69, 9.17) is 11.6 Å². The molecule has 0 atom stereocenters. The third-order valence-electron chi connectivity index (χ3n) is 2.72. The fraction of sp³-hybridized carbons (Fsp3) is 0.200. The Morgan fingerprint density at radius 2 is 1.89 bits per heavy atom. The predicted octanol–water partition coefficient (Wildman–Crippen LogP) is 3.10. The molecule has 1 aromatic carbocycles. The maximum atomic E-state index is 11.8. The van der Waals surface area contributed by atoms with Crippen LogP contribution in [0.4, 0.5) is 0 Å². The van der Waals surface area contributed by atoms with Crippen LogP contribution >= 0.6 is 11.6 Å². The number of amides is 1. The van der Waals surface area contributed by atoms with Crippen molar-refractivity contribution < 1.29 is 4.79 Å². The van der Waals surface area contributed by atoms with Gasteiger partial charge in [0.1, 0.15) is 10.8 Å². The van der Waals surface area contributed by atoms with E-state index in [-0.39, 0.29) is 5.91 Å². The molecule has 1 heterocycles. The lowest BCUT2D eigenvalue weighted by Crippen LogP contribution is -2.25. The van der Waals surface area contributed by atoms with Crippen molar-refractivity contribution in [3.8, 4) is 0 Å². The molecule has 98 valence electrons. The second-order valence-corrected chi connectivity index (χ2v) is 4.58. The molecule has 0 aliphatic heterocycles. The van der Waals surface area contributed by atoms with Gasteiger partial charge in [0.2, 0.25) is 0 Å². The average molecular weight is 275 g/mol. The molecule has 19 heavy (non-hydrogen) atoms. The van der Waals surface area contributed by atoms with E-state index < -0.39 is 0 Å². The zero-order valence-electron chi connectivity index (χ0n) is 10.5. The van der Waals surface area contributed by atoms with Crippen LogP contribution in [0, 0.1) is 0 Å². The first-order chi connectivity index (χ1) is 9.25. The summed E-state index contributed by atoms with van der Waals surface area (Å²) in [6.45, 7) is 0.627. The Kier molecular flexibility index (Phi) is 4.93. The number of pyridine rings is 1. The van der Waals surface area contributed by atoms with Crippen LogP contribution in [0.5, 0.6) is 0 Å². The van der Waals surface area contributed by atoms with Gasteiger partial charge in [0.15, 0.2) is 0 Å². The summed E-state index contributed by atoms with van der Waals surface area (Å²) >= 11 is 5.74. The quantitative estimate of drug-likeness (QED) is 0.672. The second kappa shape index (κ2) is 6.90. The maximum absolute atomic E-state index is 11.8. The minimum atomic E-state index is -0.185. The molecule has 2 aromatic rings. The van der Waals surface area contributed by atoms with Crippen molar-refractivity contribution >= 4 is 17.5 Å². The van der Waals surface area contributed by atoms with Gasteiger partial charge in [-0.05, 0) is 30.5 Å². The van der Waals surface area contributed by atoms with Crippen LogP contribution in [0.3, 0.4) is 0 Å². The SMILES string of the molecule is O=C(NCCCc1ccccc1)c1cccc(Cl)n1. The fourth-order valence-corrected chi connectivity index (χ4v) is 1.93. The average Bonchev–Trinajstić information content (AvgIpc) is 2.44. The van der Waals surface area contributed by atoms with Gasteiger partial charge >= 0.3 is 0 Å². The van der Waals surface area contributed by atoms with Gasteiger partial charge in [0.05, 0.1) is 0 Å². The Morgan fingerprint density at radius 1 is 1.11 bits per heavy atom. The molecule has 1 N–H and O–H groups in total. The van der Waals surface area contributed by atoms with Crippen molar-refractivity contribution in [1.29, 1.82) is 0 Å². The maximum Gasteiger partial charge on any atom is 0.269 e. The molecule has 0 aliphatic carbocycles. The summed E-state index contributed by atoms with van der Waals surface area (Å²) in [6, 6.07) is 15.2. The molecule has 0 saturated heterocycles. The molecule has 0 bridgehead atoms. The molecule has 0 spiro atoms. The molecular weight excluding hydrogens is 260 g/mol. The summed E-state index contributed by atoms with van der Waals surface area (Å²) in [5.74, 6) is -0.185. The van der Waals surface area contributed by atoms with E-state index in [0.717, 1.165) is 12.8 Å². The molecule has 0 fully saturated rings. The van der Waals surface area contributed by atoms with Crippen LogP contribution in [0.25, 0.3) is 0 Å². The number of aryl methyl sites for hydroxylation is 1. The number of hydrogen-bond acceptors (Lipinski definition) is 2. The van der Waals surface area contributed by atoms with Gasteiger partial charge in [-0.3, -0.25) is 4.79 Å². The van der Waals surface area contributed by atoms with Crippen molar-refractivity contribution in [2.24, 2.45) is 0 Å². The molecule has 3 nitrogen and oxygen atoms in total. The molecule has 0 saturated carbocycles. The Morgan fingerprint density at radius 3 is 2.63 bits per heavy atom. The van der Waals surface area contributed by atoms with Gasteiger partial charge < -0.3 is 5.32 Å². The first kappa shape index (κ1) is 13.6. The zero-order valence-corrected chi connectivity index (χ0v) is 11.2. The van der Waals surface area contributed by atoms with E-state index in [0.29, 0.717) is 17.4 Å². The van der Waals surface area contributed by atoms with Crippen LogP contribution in [-0.2, 0) is 6.42 Å². The molecule has 0 radical (unpaired) electrons. The van der Waals surface area contributed by atoms with Crippen LogP contribution in [0.1, 0.15) is 22.5 Å². The number of carbonyl (C=O) groups excluding carboxylic acids is 1. The van der Waals surface area contributed by atoms with E-state index in [1.54, 1.807) is 18.2 Å². The number of halogens is 1. The smallest absolute Gasteiger partial charge is 0.269 e. The summed E-state index contributed by atoms with van der Waals surface area (Å²) in [6.07, 6.45) is 1.85. The van der Waals surface area contributed by atoms with Crippen molar-refractivity contribution in [3.63, 3.8) is 0 Å². The van der Waals surface area contributed by atoms with E-state index in [2.05, 4.69) is 22.4 Å². The van der Waals surface area contributed by atoms with Crippen LogP contribution in [0.2, 0.25) is 5.15 Å². The van der Waals surface area contributed by atoms with Crippen LogP contribution in [0.15, 0.2) is 48.5 Å². The van der Waals surface area contributed by atoms with Crippen molar-refractivity contribution in [2.75, 3.05) is 6.54 Å². The number of carbonyl (C=O) groups is 1. The van der Waals surface area contributed by atoms with Gasteiger partial charge in [-0.15, -0.1) is 0 Å². The third kappa shape index (κ3) is 4.38. The highest BCUT2D eigenvalue weighted by Crippen LogP contribution is 2.05. The summed E-state index contributed by atoms with van der Waals surface area (Å²) in [4.78, 5) is 15.7. The summed E-state index contributed by atoms with van der Waals surface area (Å²) in [5, 5.41) is 3.17. The molecule has 0 aliphatic rings. The topological polar surface area (TPSA) is 42.0 Å². The highest BCUT2D eigenvalue weighted by molar-refractivity contribution is 6.29. The Bertz CT molecular complexity index is 543. The van der Waals surface area contributed by atoms with Gasteiger partial charge in [-0.2, -0.15) is 0 Å². The van der Waals surface area contributed by atoms with Crippen molar-refractivity contribution in [1.82, 2.24) is 10.3 Å². The highest BCUT2D eigenvalue weighted by Gasteiger charge is 2.06. The monoisotopic (exact) mass is 274 g/mol. The molecule has 4 heteroatoms. The van der Waals surface area contributed by atoms with Gasteiger partial charge in [-0.25, -0.2) is 4.98 Å². The highest BCUT2D eigenvalue weighted by atomic mass is 35.5. The lowest BCUT2D eigenvalue weighted by Gasteiger charge is -2.05. The number of aromatic nitrogens is 1. The van der Waals surface area contributed by atoms with Crippen molar-refractivity contribution in [2.45, 2.75) is 12.8 Å².